The van der Waals surface area contributed by atoms with Crippen molar-refractivity contribution in [3.8, 4) is 5.75 Å². The molecule has 2 rings (SSSR count). The quantitative estimate of drug-likeness (QED) is 0.742. The van der Waals surface area contributed by atoms with Crippen LogP contribution in [0.4, 0.5) is 5.69 Å². The number of ether oxygens (including phenoxy) is 1. The predicted octanol–water partition coefficient (Wildman–Crippen LogP) is 5.67. The lowest BCUT2D eigenvalue weighted by Crippen LogP contribution is -2.07. The molecule has 1 N–H and O–H groups in total. The van der Waals surface area contributed by atoms with E-state index in [1.54, 1.807) is 11.3 Å². The van der Waals surface area contributed by atoms with Crippen molar-refractivity contribution < 1.29 is 4.74 Å². The first-order chi connectivity index (χ1) is 9.60. The first-order valence-corrected chi connectivity index (χ1v) is 8.05. The Morgan fingerprint density at radius 1 is 1.30 bits per heavy atom. The van der Waals surface area contributed by atoms with E-state index in [0.717, 1.165) is 28.8 Å². The third kappa shape index (κ3) is 3.90. The second-order valence-corrected chi connectivity index (χ2v) is 6.60. The van der Waals surface area contributed by atoms with Crippen molar-refractivity contribution in [3.63, 3.8) is 0 Å². The summed E-state index contributed by atoms with van der Waals surface area (Å²) in [5.41, 5.74) is 2.23. The van der Waals surface area contributed by atoms with E-state index in [9.17, 15) is 0 Å². The molecule has 0 aliphatic carbocycles. The number of benzene rings is 1. The van der Waals surface area contributed by atoms with Gasteiger partial charge in [-0.2, -0.15) is 0 Å². The van der Waals surface area contributed by atoms with Crippen molar-refractivity contribution in [2.45, 2.75) is 33.2 Å². The molecule has 0 spiro atoms. The number of anilines is 1. The lowest BCUT2D eigenvalue weighted by molar-refractivity contribution is 0.318. The minimum absolute atomic E-state index is 0.208. The van der Waals surface area contributed by atoms with E-state index in [-0.39, 0.29) is 6.04 Å². The SMILES string of the molecule is CCCOc1cc(C)ccc1NC(C)c1ccc(Cl)s1. The van der Waals surface area contributed by atoms with Crippen molar-refractivity contribution in [1.29, 1.82) is 0 Å². The summed E-state index contributed by atoms with van der Waals surface area (Å²) in [7, 11) is 0. The lowest BCUT2D eigenvalue weighted by atomic mass is 10.2. The summed E-state index contributed by atoms with van der Waals surface area (Å²) in [5, 5.41) is 3.50. The molecule has 0 radical (unpaired) electrons. The zero-order valence-corrected chi connectivity index (χ0v) is 13.6. The fraction of sp³-hybridized carbons (Fsp3) is 0.375. The van der Waals surface area contributed by atoms with E-state index in [1.807, 2.05) is 6.07 Å². The van der Waals surface area contributed by atoms with Crippen LogP contribution < -0.4 is 10.1 Å². The highest BCUT2D eigenvalue weighted by Crippen LogP contribution is 2.33. The maximum Gasteiger partial charge on any atom is 0.142 e. The minimum Gasteiger partial charge on any atom is -0.491 e. The molecule has 0 aliphatic rings. The molecule has 1 atom stereocenters. The molecule has 1 aromatic heterocycles. The summed E-state index contributed by atoms with van der Waals surface area (Å²) in [4.78, 5) is 1.22. The van der Waals surface area contributed by atoms with Crippen LogP contribution in [0.1, 0.15) is 36.8 Å². The Balaban J connectivity index is 2.15. The van der Waals surface area contributed by atoms with Gasteiger partial charge in [-0.25, -0.2) is 0 Å². The molecule has 1 aromatic carbocycles. The summed E-state index contributed by atoms with van der Waals surface area (Å²) in [6, 6.07) is 10.4. The second-order valence-electron chi connectivity index (χ2n) is 4.86. The van der Waals surface area contributed by atoms with Crippen molar-refractivity contribution in [2.75, 3.05) is 11.9 Å². The number of nitrogens with one attached hydrogen (secondary N) is 1. The van der Waals surface area contributed by atoms with E-state index in [4.69, 9.17) is 16.3 Å². The zero-order chi connectivity index (χ0) is 14.5. The molecule has 0 aliphatic heterocycles. The fourth-order valence-electron chi connectivity index (χ4n) is 1.95. The molecule has 0 saturated carbocycles. The van der Waals surface area contributed by atoms with E-state index >= 15 is 0 Å². The molecule has 0 bridgehead atoms. The number of thiophene rings is 1. The van der Waals surface area contributed by atoms with E-state index < -0.39 is 0 Å². The van der Waals surface area contributed by atoms with Crippen LogP contribution in [-0.2, 0) is 0 Å². The number of hydrogen-bond acceptors (Lipinski definition) is 3. The van der Waals surface area contributed by atoms with Gasteiger partial charge in [0.05, 0.1) is 22.7 Å². The van der Waals surface area contributed by atoms with Crippen LogP contribution in [-0.4, -0.2) is 6.61 Å². The monoisotopic (exact) mass is 309 g/mol. The maximum absolute atomic E-state index is 5.99. The molecular formula is C16H20ClNOS. The molecule has 2 aromatic rings. The molecule has 0 saturated heterocycles. The van der Waals surface area contributed by atoms with E-state index in [2.05, 4.69) is 50.4 Å². The minimum atomic E-state index is 0.208. The van der Waals surface area contributed by atoms with Crippen molar-refractivity contribution in [3.05, 3.63) is 45.1 Å². The van der Waals surface area contributed by atoms with Gasteiger partial charge in [0, 0.05) is 4.88 Å². The molecule has 1 heterocycles. The molecule has 4 heteroatoms. The first kappa shape index (κ1) is 15.2. The Morgan fingerprint density at radius 2 is 2.10 bits per heavy atom. The lowest BCUT2D eigenvalue weighted by Gasteiger charge is -2.18. The van der Waals surface area contributed by atoms with Crippen LogP contribution in [0.5, 0.6) is 5.75 Å². The highest BCUT2D eigenvalue weighted by atomic mass is 35.5. The van der Waals surface area contributed by atoms with Gasteiger partial charge in [-0.05, 0) is 50.1 Å². The Labute approximate surface area is 129 Å². The van der Waals surface area contributed by atoms with Crippen molar-refractivity contribution in [2.24, 2.45) is 0 Å². The van der Waals surface area contributed by atoms with Crippen LogP contribution in [0.25, 0.3) is 0 Å². The smallest absolute Gasteiger partial charge is 0.142 e. The van der Waals surface area contributed by atoms with Gasteiger partial charge in [0.2, 0.25) is 0 Å². The van der Waals surface area contributed by atoms with Crippen molar-refractivity contribution >= 4 is 28.6 Å². The third-order valence-electron chi connectivity index (χ3n) is 2.99. The summed E-state index contributed by atoms with van der Waals surface area (Å²) in [5.74, 6) is 0.918. The average molecular weight is 310 g/mol. The summed E-state index contributed by atoms with van der Waals surface area (Å²) in [6.07, 6.45) is 1.00. The zero-order valence-electron chi connectivity index (χ0n) is 12.1. The number of aryl methyl sites for hydroxylation is 1. The van der Waals surface area contributed by atoms with Gasteiger partial charge in [0.15, 0.2) is 0 Å². The van der Waals surface area contributed by atoms with E-state index in [0.29, 0.717) is 0 Å². The van der Waals surface area contributed by atoms with Crippen LogP contribution in [0.15, 0.2) is 30.3 Å². The van der Waals surface area contributed by atoms with Gasteiger partial charge in [-0.3, -0.25) is 0 Å². The van der Waals surface area contributed by atoms with Crippen LogP contribution in [0.2, 0.25) is 4.34 Å². The highest BCUT2D eigenvalue weighted by molar-refractivity contribution is 7.16. The Kier molecular flexibility index (Phi) is 5.32. The summed E-state index contributed by atoms with van der Waals surface area (Å²) in [6.45, 7) is 7.05. The maximum atomic E-state index is 5.99. The Hall–Kier alpha value is -1.19. The topological polar surface area (TPSA) is 21.3 Å². The number of rotatable bonds is 6. The van der Waals surface area contributed by atoms with Crippen LogP contribution >= 0.6 is 22.9 Å². The van der Waals surface area contributed by atoms with Gasteiger partial charge in [0.1, 0.15) is 5.75 Å². The first-order valence-electron chi connectivity index (χ1n) is 6.85. The molecule has 1 unspecified atom stereocenters. The highest BCUT2D eigenvalue weighted by Gasteiger charge is 2.11. The molecule has 2 nitrogen and oxygen atoms in total. The normalized spacial score (nSPS) is 12.2. The summed E-state index contributed by atoms with van der Waals surface area (Å²) >= 11 is 7.60. The van der Waals surface area contributed by atoms with Gasteiger partial charge >= 0.3 is 0 Å². The Morgan fingerprint density at radius 3 is 2.75 bits per heavy atom. The summed E-state index contributed by atoms with van der Waals surface area (Å²) < 4.78 is 6.64. The van der Waals surface area contributed by atoms with Gasteiger partial charge in [0.25, 0.3) is 0 Å². The third-order valence-corrected chi connectivity index (χ3v) is 4.41. The van der Waals surface area contributed by atoms with E-state index in [1.165, 1.54) is 10.4 Å². The van der Waals surface area contributed by atoms with Crippen LogP contribution in [0, 0.1) is 6.92 Å². The molecule has 20 heavy (non-hydrogen) atoms. The number of halogens is 1. The van der Waals surface area contributed by atoms with Gasteiger partial charge in [-0.15, -0.1) is 11.3 Å². The average Bonchev–Trinajstić information content (AvgIpc) is 2.85. The molecule has 108 valence electrons. The molecule has 0 fully saturated rings. The fourth-order valence-corrected chi connectivity index (χ4v) is 3.01. The Bertz CT molecular complexity index is 567. The largest absolute Gasteiger partial charge is 0.491 e. The van der Waals surface area contributed by atoms with Gasteiger partial charge in [-0.1, -0.05) is 24.6 Å². The molecule has 0 amide bonds. The standard InChI is InChI=1S/C16H20ClNOS/c1-4-9-19-14-10-11(2)5-6-13(14)18-12(3)15-7-8-16(17)20-15/h5-8,10,12,18H,4,9H2,1-3H3. The molecular weight excluding hydrogens is 290 g/mol. The van der Waals surface area contributed by atoms with Crippen molar-refractivity contribution in [1.82, 2.24) is 0 Å². The van der Waals surface area contributed by atoms with Crippen LogP contribution in [0.3, 0.4) is 0 Å². The second kappa shape index (κ2) is 7.00. The predicted molar refractivity (Wildman–Crippen MR) is 88.3 cm³/mol. The van der Waals surface area contributed by atoms with Gasteiger partial charge < -0.3 is 10.1 Å². The number of hydrogen-bond donors (Lipinski definition) is 1.